The number of rotatable bonds is 4. The lowest BCUT2D eigenvalue weighted by Crippen LogP contribution is -2.26. The molecule has 0 aromatic heterocycles. The van der Waals surface area contributed by atoms with E-state index in [-0.39, 0.29) is 22.8 Å². The van der Waals surface area contributed by atoms with Crippen molar-refractivity contribution in [2.45, 2.75) is 23.3 Å². The summed E-state index contributed by atoms with van der Waals surface area (Å²) in [5.74, 6) is -0.0548. The molecule has 120 valence electrons. The molecule has 0 saturated heterocycles. The minimum atomic E-state index is -3.33. The van der Waals surface area contributed by atoms with Gasteiger partial charge in [-0.2, -0.15) is 0 Å². The van der Waals surface area contributed by atoms with Gasteiger partial charge in [0.1, 0.15) is 0 Å². The van der Waals surface area contributed by atoms with Crippen LogP contribution in [0.5, 0.6) is 0 Å². The summed E-state index contributed by atoms with van der Waals surface area (Å²) in [5, 5.41) is 3.63. The molecular formula is C17H16ClNO3S. The van der Waals surface area contributed by atoms with Crippen molar-refractivity contribution in [1.82, 2.24) is 5.32 Å². The summed E-state index contributed by atoms with van der Waals surface area (Å²) < 4.78 is 23.1. The highest BCUT2D eigenvalue weighted by molar-refractivity contribution is 7.90. The Hall–Kier alpha value is -1.85. The SMILES string of the molecule is CS(=O)(=O)c1cccc(C(=O)NC2CC2c2ccccc2Cl)c1. The van der Waals surface area contributed by atoms with Gasteiger partial charge in [0.15, 0.2) is 9.84 Å². The van der Waals surface area contributed by atoms with Crippen LogP contribution in [0.25, 0.3) is 0 Å². The quantitative estimate of drug-likeness (QED) is 0.922. The Morgan fingerprint density at radius 2 is 1.91 bits per heavy atom. The maximum atomic E-state index is 12.3. The normalized spacial score (nSPS) is 20.1. The molecule has 0 heterocycles. The Morgan fingerprint density at radius 1 is 1.17 bits per heavy atom. The monoisotopic (exact) mass is 349 g/mol. The van der Waals surface area contributed by atoms with Crippen LogP contribution in [0.15, 0.2) is 53.4 Å². The first-order valence-corrected chi connectivity index (χ1v) is 9.48. The number of carbonyl (C=O) groups is 1. The van der Waals surface area contributed by atoms with Crippen molar-refractivity contribution in [2.75, 3.05) is 6.26 Å². The van der Waals surface area contributed by atoms with Crippen molar-refractivity contribution in [2.24, 2.45) is 0 Å². The van der Waals surface area contributed by atoms with Gasteiger partial charge < -0.3 is 5.32 Å². The smallest absolute Gasteiger partial charge is 0.251 e. The molecule has 2 unspecified atom stereocenters. The number of hydrogen-bond acceptors (Lipinski definition) is 3. The maximum absolute atomic E-state index is 12.3. The third kappa shape index (κ3) is 3.57. The Kier molecular flexibility index (Phi) is 4.17. The van der Waals surface area contributed by atoms with Crippen LogP contribution in [-0.2, 0) is 9.84 Å². The molecule has 3 rings (SSSR count). The molecule has 0 spiro atoms. The fraction of sp³-hybridized carbons (Fsp3) is 0.235. The maximum Gasteiger partial charge on any atom is 0.251 e. The molecule has 23 heavy (non-hydrogen) atoms. The van der Waals surface area contributed by atoms with Crippen molar-refractivity contribution in [3.05, 3.63) is 64.7 Å². The molecular weight excluding hydrogens is 334 g/mol. The van der Waals surface area contributed by atoms with Crippen LogP contribution in [0.1, 0.15) is 28.3 Å². The molecule has 2 aromatic carbocycles. The highest BCUT2D eigenvalue weighted by Gasteiger charge is 2.40. The molecule has 1 amide bonds. The van der Waals surface area contributed by atoms with Crippen molar-refractivity contribution in [3.8, 4) is 0 Å². The molecule has 1 aliphatic carbocycles. The van der Waals surface area contributed by atoms with E-state index in [9.17, 15) is 13.2 Å². The summed E-state index contributed by atoms with van der Waals surface area (Å²) in [5.41, 5.74) is 1.38. The zero-order valence-electron chi connectivity index (χ0n) is 12.5. The van der Waals surface area contributed by atoms with Crippen LogP contribution < -0.4 is 5.32 Å². The molecule has 1 saturated carbocycles. The van der Waals surface area contributed by atoms with E-state index in [0.29, 0.717) is 10.6 Å². The minimum absolute atomic E-state index is 0.0317. The summed E-state index contributed by atoms with van der Waals surface area (Å²) in [7, 11) is -3.33. The van der Waals surface area contributed by atoms with Gasteiger partial charge in [0.2, 0.25) is 0 Å². The van der Waals surface area contributed by atoms with Gasteiger partial charge in [-0.05, 0) is 36.2 Å². The summed E-state index contributed by atoms with van der Waals surface area (Å²) in [4.78, 5) is 12.4. The molecule has 6 heteroatoms. The predicted molar refractivity (Wildman–Crippen MR) is 89.6 cm³/mol. The molecule has 1 N–H and O–H groups in total. The van der Waals surface area contributed by atoms with Crippen LogP contribution >= 0.6 is 11.6 Å². The molecule has 4 nitrogen and oxygen atoms in total. The van der Waals surface area contributed by atoms with E-state index >= 15 is 0 Å². The van der Waals surface area contributed by atoms with Gasteiger partial charge in [-0.1, -0.05) is 35.9 Å². The minimum Gasteiger partial charge on any atom is -0.349 e. The number of sulfone groups is 1. The number of amides is 1. The highest BCUT2D eigenvalue weighted by Crippen LogP contribution is 2.43. The largest absolute Gasteiger partial charge is 0.349 e. The third-order valence-electron chi connectivity index (χ3n) is 3.94. The first kappa shape index (κ1) is 16.0. The first-order chi connectivity index (χ1) is 10.9. The van der Waals surface area contributed by atoms with Gasteiger partial charge >= 0.3 is 0 Å². The van der Waals surface area contributed by atoms with Crippen LogP contribution in [0, 0.1) is 0 Å². The molecule has 0 radical (unpaired) electrons. The average Bonchev–Trinajstić information content (AvgIpc) is 3.26. The van der Waals surface area contributed by atoms with Crippen molar-refractivity contribution < 1.29 is 13.2 Å². The number of benzene rings is 2. The van der Waals surface area contributed by atoms with E-state index in [1.54, 1.807) is 12.1 Å². The molecule has 2 atom stereocenters. The number of carbonyl (C=O) groups excluding carboxylic acids is 1. The number of nitrogens with one attached hydrogen (secondary N) is 1. The lowest BCUT2D eigenvalue weighted by Gasteiger charge is -2.07. The molecule has 1 fully saturated rings. The van der Waals surface area contributed by atoms with Crippen LogP contribution in [0.2, 0.25) is 5.02 Å². The fourth-order valence-electron chi connectivity index (χ4n) is 2.59. The van der Waals surface area contributed by atoms with E-state index in [2.05, 4.69) is 5.32 Å². The van der Waals surface area contributed by atoms with E-state index in [0.717, 1.165) is 18.2 Å². The van der Waals surface area contributed by atoms with Crippen LogP contribution in [-0.4, -0.2) is 26.6 Å². The number of halogens is 1. The lowest BCUT2D eigenvalue weighted by atomic mass is 10.1. The molecule has 0 bridgehead atoms. The zero-order valence-corrected chi connectivity index (χ0v) is 14.1. The van der Waals surface area contributed by atoms with Crippen molar-refractivity contribution in [1.29, 1.82) is 0 Å². The second-order valence-corrected chi connectivity index (χ2v) is 8.17. The second-order valence-electron chi connectivity index (χ2n) is 5.74. The summed E-state index contributed by atoms with van der Waals surface area (Å²) >= 11 is 6.17. The van der Waals surface area contributed by atoms with E-state index < -0.39 is 9.84 Å². The number of hydrogen-bond donors (Lipinski definition) is 1. The topological polar surface area (TPSA) is 63.2 Å². The van der Waals surface area contributed by atoms with E-state index in [4.69, 9.17) is 11.6 Å². The molecule has 1 aliphatic rings. The zero-order chi connectivity index (χ0) is 16.6. The van der Waals surface area contributed by atoms with E-state index in [1.165, 1.54) is 12.1 Å². The highest BCUT2D eigenvalue weighted by atomic mass is 35.5. The Balaban J connectivity index is 1.71. The van der Waals surface area contributed by atoms with E-state index in [1.807, 2.05) is 24.3 Å². The van der Waals surface area contributed by atoms with Gasteiger partial charge in [0.25, 0.3) is 5.91 Å². The Morgan fingerprint density at radius 3 is 2.61 bits per heavy atom. The predicted octanol–water partition coefficient (Wildman–Crippen LogP) is 3.03. The lowest BCUT2D eigenvalue weighted by molar-refractivity contribution is 0.0950. The van der Waals surface area contributed by atoms with Crippen molar-refractivity contribution in [3.63, 3.8) is 0 Å². The van der Waals surface area contributed by atoms with Crippen LogP contribution in [0.4, 0.5) is 0 Å². The third-order valence-corrected chi connectivity index (χ3v) is 5.39. The Bertz CT molecular complexity index is 864. The van der Waals surface area contributed by atoms with Gasteiger partial charge in [-0.15, -0.1) is 0 Å². The standard InChI is InChI=1S/C17H16ClNO3S/c1-23(21,22)12-6-4-5-11(9-12)17(20)19-16-10-14(16)13-7-2-3-8-15(13)18/h2-9,14,16H,10H2,1H3,(H,19,20). The summed E-state index contributed by atoms with van der Waals surface area (Å²) in [6, 6.07) is 13.7. The second kappa shape index (κ2) is 5.98. The van der Waals surface area contributed by atoms with Gasteiger partial charge in [-0.25, -0.2) is 8.42 Å². The fourth-order valence-corrected chi connectivity index (χ4v) is 3.54. The summed E-state index contributed by atoms with van der Waals surface area (Å²) in [6.07, 6.45) is 1.96. The summed E-state index contributed by atoms with van der Waals surface area (Å²) in [6.45, 7) is 0. The van der Waals surface area contributed by atoms with Crippen LogP contribution in [0.3, 0.4) is 0 Å². The van der Waals surface area contributed by atoms with Gasteiger partial charge in [-0.3, -0.25) is 4.79 Å². The van der Waals surface area contributed by atoms with Gasteiger partial charge in [0.05, 0.1) is 4.90 Å². The molecule has 2 aromatic rings. The van der Waals surface area contributed by atoms with Gasteiger partial charge in [0, 0.05) is 28.8 Å². The average molecular weight is 350 g/mol. The Labute approximate surface area is 140 Å². The first-order valence-electron chi connectivity index (χ1n) is 7.21. The van der Waals surface area contributed by atoms with Crippen molar-refractivity contribution >= 4 is 27.3 Å². The molecule has 0 aliphatic heterocycles.